The molecule has 0 aromatic carbocycles. The van der Waals surface area contributed by atoms with Gasteiger partial charge < -0.3 is 29.5 Å². The zero-order chi connectivity index (χ0) is 21.3. The van der Waals surface area contributed by atoms with Crippen LogP contribution in [0.3, 0.4) is 0 Å². The van der Waals surface area contributed by atoms with Crippen molar-refractivity contribution in [2.24, 2.45) is 5.92 Å². The minimum atomic E-state index is -2.03. The van der Waals surface area contributed by atoms with Crippen LogP contribution in [-0.4, -0.2) is 70.3 Å². The number of rotatable bonds is 7. The van der Waals surface area contributed by atoms with Crippen LogP contribution in [-0.2, 0) is 19.1 Å². The predicted molar refractivity (Wildman–Crippen MR) is 102 cm³/mol. The fraction of sp³-hybridized carbons (Fsp3) is 0.700. The molecule has 0 spiro atoms. The largest absolute Gasteiger partial charge is 0.632 e. The highest BCUT2D eigenvalue weighted by Gasteiger charge is 2.51. The van der Waals surface area contributed by atoms with Crippen LogP contribution in [0, 0.1) is 11.1 Å². The number of hydroxylamine groups is 3. The van der Waals surface area contributed by atoms with Gasteiger partial charge in [0.05, 0.1) is 19.2 Å². The first-order valence-electron chi connectivity index (χ1n) is 9.65. The van der Waals surface area contributed by atoms with Crippen LogP contribution in [0.2, 0.25) is 0 Å². The lowest BCUT2D eigenvalue weighted by Crippen LogP contribution is -2.53. The number of hydrogen-bond acceptors (Lipinski definition) is 7. The van der Waals surface area contributed by atoms with Crippen molar-refractivity contribution < 1.29 is 33.9 Å². The Kier molecular flexibility index (Phi) is 6.70. The van der Waals surface area contributed by atoms with E-state index < -0.39 is 46.4 Å². The van der Waals surface area contributed by atoms with E-state index in [0.717, 1.165) is 0 Å². The van der Waals surface area contributed by atoms with Crippen LogP contribution in [0.15, 0.2) is 23.3 Å². The molecule has 1 fully saturated rings. The van der Waals surface area contributed by atoms with Crippen LogP contribution in [0.25, 0.3) is 0 Å². The smallest absolute Gasteiger partial charge is 0.341 e. The molecule has 2 heterocycles. The van der Waals surface area contributed by atoms with Crippen molar-refractivity contribution in [2.75, 3.05) is 19.7 Å². The second kappa shape index (κ2) is 8.32. The fourth-order valence-electron chi connectivity index (χ4n) is 3.85. The van der Waals surface area contributed by atoms with Gasteiger partial charge >= 0.3 is 11.9 Å². The van der Waals surface area contributed by atoms with Gasteiger partial charge in [-0.1, -0.05) is 19.9 Å². The molecule has 1 saturated heterocycles. The van der Waals surface area contributed by atoms with Gasteiger partial charge in [-0.2, -0.15) is 0 Å². The predicted octanol–water partition coefficient (Wildman–Crippen LogP) is 1.20. The molecule has 0 saturated carbocycles. The Balaban J connectivity index is 2.10. The summed E-state index contributed by atoms with van der Waals surface area (Å²) >= 11 is 0. The second-order valence-corrected chi connectivity index (χ2v) is 8.02. The molecule has 2 N–H and O–H groups in total. The first-order valence-corrected chi connectivity index (χ1v) is 9.65. The van der Waals surface area contributed by atoms with Crippen LogP contribution in [0.5, 0.6) is 0 Å². The lowest BCUT2D eigenvalue weighted by Gasteiger charge is -2.40. The first-order chi connectivity index (χ1) is 13.0. The lowest BCUT2D eigenvalue weighted by molar-refractivity contribution is -0.877. The number of hydrogen-bond donors (Lipinski definition) is 2. The van der Waals surface area contributed by atoms with Crippen LogP contribution >= 0.6 is 0 Å². The van der Waals surface area contributed by atoms with Gasteiger partial charge in [0, 0.05) is 17.6 Å². The fourth-order valence-corrected chi connectivity index (χ4v) is 3.85. The lowest BCUT2D eigenvalue weighted by atomic mass is 9.85. The Morgan fingerprint density at radius 3 is 2.61 bits per heavy atom. The number of carbonyl (C=O) groups excluding carboxylic acids is 2. The van der Waals surface area contributed by atoms with Gasteiger partial charge in [0.2, 0.25) is 0 Å². The third-order valence-electron chi connectivity index (χ3n) is 5.92. The topological polar surface area (TPSA) is 116 Å². The summed E-state index contributed by atoms with van der Waals surface area (Å²) in [5.41, 5.74) is -0.995. The minimum absolute atomic E-state index is 0.190. The highest BCUT2D eigenvalue weighted by molar-refractivity contribution is 5.87. The van der Waals surface area contributed by atoms with E-state index in [2.05, 4.69) is 0 Å². The third kappa shape index (κ3) is 4.00. The number of esters is 2. The minimum Gasteiger partial charge on any atom is -0.632 e. The molecule has 28 heavy (non-hydrogen) atoms. The Morgan fingerprint density at radius 1 is 1.43 bits per heavy atom. The molecule has 0 aromatic heterocycles. The van der Waals surface area contributed by atoms with Crippen LogP contribution in [0.4, 0.5) is 0 Å². The molecule has 1 unspecified atom stereocenters. The summed E-state index contributed by atoms with van der Waals surface area (Å²) in [5, 5.41) is 33.4. The van der Waals surface area contributed by atoms with Crippen molar-refractivity contribution >= 4 is 11.9 Å². The summed E-state index contributed by atoms with van der Waals surface area (Å²) in [7, 11) is 0. The molecule has 8 nitrogen and oxygen atoms in total. The number of aliphatic hydroxyl groups is 2. The SMILES string of the molecule is C/C=C(/C)C(=O)O[C@@H]1CC[N+]2([O-])CC=C(COC(=O)[C@](O)(C(C)C)[C@@H](C)O)[C@H]12. The standard InChI is InChI=1S/C20H31NO7/c1-6-13(4)18(23)28-16-8-10-21(26)9-7-15(17(16)21)11-27-19(24)20(25,12(2)3)14(5)22/h6-7,12,14,16-17,22,25H,8-11H2,1-5H3/b13-6-/t14-,16-,17-,20+,21?/m1/s1. The summed E-state index contributed by atoms with van der Waals surface area (Å²) in [6.07, 6.45) is 1.90. The Hall–Kier alpha value is -1.74. The highest BCUT2D eigenvalue weighted by atomic mass is 16.6. The average molecular weight is 397 g/mol. The van der Waals surface area contributed by atoms with Gasteiger partial charge in [-0.3, -0.25) is 0 Å². The molecule has 2 aliphatic rings. The second-order valence-electron chi connectivity index (χ2n) is 8.02. The van der Waals surface area contributed by atoms with E-state index in [0.29, 0.717) is 24.1 Å². The normalized spacial score (nSPS) is 30.5. The van der Waals surface area contributed by atoms with Crippen molar-refractivity contribution in [3.05, 3.63) is 28.5 Å². The number of nitrogens with zero attached hydrogens (tertiary/aromatic N) is 1. The maximum Gasteiger partial charge on any atom is 0.341 e. The number of aliphatic hydroxyl groups excluding tert-OH is 1. The molecule has 2 rings (SSSR count). The van der Waals surface area contributed by atoms with Gasteiger partial charge in [-0.15, -0.1) is 0 Å². The number of fused-ring (bicyclic) bond motifs is 1. The molecule has 158 valence electrons. The molecule has 0 bridgehead atoms. The summed E-state index contributed by atoms with van der Waals surface area (Å²) in [6.45, 7) is 8.27. The van der Waals surface area contributed by atoms with E-state index in [4.69, 9.17) is 9.47 Å². The quantitative estimate of drug-likeness (QED) is 0.218. The van der Waals surface area contributed by atoms with Crippen molar-refractivity contribution in [3.63, 3.8) is 0 Å². The van der Waals surface area contributed by atoms with E-state index in [1.807, 2.05) is 0 Å². The summed E-state index contributed by atoms with van der Waals surface area (Å²) < 4.78 is 10.3. The van der Waals surface area contributed by atoms with E-state index in [1.54, 1.807) is 39.8 Å². The average Bonchev–Trinajstić information content (AvgIpc) is 3.13. The van der Waals surface area contributed by atoms with E-state index in [1.165, 1.54) is 6.92 Å². The Labute approximate surface area is 165 Å². The zero-order valence-corrected chi connectivity index (χ0v) is 17.2. The number of ether oxygens (including phenoxy) is 2. The summed E-state index contributed by atoms with van der Waals surface area (Å²) in [4.78, 5) is 24.5. The highest BCUT2D eigenvalue weighted by Crippen LogP contribution is 2.38. The molecular weight excluding hydrogens is 366 g/mol. The van der Waals surface area contributed by atoms with Crippen molar-refractivity contribution in [3.8, 4) is 0 Å². The molecule has 0 aromatic rings. The molecule has 5 atom stereocenters. The summed E-state index contributed by atoms with van der Waals surface area (Å²) in [5.74, 6) is -1.96. The van der Waals surface area contributed by atoms with Gasteiger partial charge in [0.25, 0.3) is 0 Å². The Morgan fingerprint density at radius 2 is 2.07 bits per heavy atom. The van der Waals surface area contributed by atoms with E-state index in [-0.39, 0.29) is 13.2 Å². The molecular formula is C20H31NO7. The van der Waals surface area contributed by atoms with E-state index >= 15 is 0 Å². The maximum absolute atomic E-state index is 13.0. The van der Waals surface area contributed by atoms with Gasteiger partial charge in [-0.25, -0.2) is 9.59 Å². The Bertz CT molecular complexity index is 674. The van der Waals surface area contributed by atoms with Crippen LogP contribution < -0.4 is 0 Å². The monoisotopic (exact) mass is 397 g/mol. The molecule has 0 radical (unpaired) electrons. The molecule has 8 heteroatoms. The molecule has 0 aliphatic carbocycles. The zero-order valence-electron chi connectivity index (χ0n) is 17.2. The first kappa shape index (κ1) is 22.5. The van der Waals surface area contributed by atoms with Crippen molar-refractivity contribution in [2.45, 2.75) is 64.9 Å². The van der Waals surface area contributed by atoms with Crippen molar-refractivity contribution in [1.82, 2.24) is 0 Å². The van der Waals surface area contributed by atoms with Gasteiger partial charge in [0.15, 0.2) is 17.7 Å². The van der Waals surface area contributed by atoms with E-state index in [9.17, 15) is 25.0 Å². The molecule has 0 amide bonds. The van der Waals surface area contributed by atoms with Crippen molar-refractivity contribution in [1.29, 1.82) is 0 Å². The number of quaternary nitrogens is 1. The third-order valence-corrected chi connectivity index (χ3v) is 5.92. The summed E-state index contributed by atoms with van der Waals surface area (Å²) in [6, 6.07) is -0.625. The van der Waals surface area contributed by atoms with Gasteiger partial charge in [0.1, 0.15) is 6.61 Å². The maximum atomic E-state index is 13.0. The number of allylic oxidation sites excluding steroid dienone is 1. The van der Waals surface area contributed by atoms with Gasteiger partial charge in [-0.05, 0) is 32.8 Å². The number of carbonyl (C=O) groups is 2. The van der Waals surface area contributed by atoms with Crippen LogP contribution in [0.1, 0.15) is 41.0 Å². The molecule has 2 aliphatic heterocycles.